The molecule has 0 N–H and O–H groups in total. The summed E-state index contributed by atoms with van der Waals surface area (Å²) in [6.07, 6.45) is 6.96. The van der Waals surface area contributed by atoms with Crippen LogP contribution >= 0.6 is 34.8 Å². The van der Waals surface area contributed by atoms with Gasteiger partial charge in [0.1, 0.15) is 0 Å². The number of hydrogen-bond acceptors (Lipinski definition) is 1. The average molecular weight is 330 g/mol. The van der Waals surface area contributed by atoms with Gasteiger partial charge in [-0.3, -0.25) is 0 Å². The Balaban J connectivity index is 2.11. The van der Waals surface area contributed by atoms with E-state index in [1.807, 2.05) is 0 Å². The molecule has 1 aliphatic carbocycles. The predicted octanol–water partition coefficient (Wildman–Crippen LogP) is 4.84. The van der Waals surface area contributed by atoms with E-state index in [1.54, 1.807) is 0 Å². The van der Waals surface area contributed by atoms with Crippen molar-refractivity contribution in [2.24, 2.45) is 0 Å². The lowest BCUT2D eigenvalue weighted by atomic mass is 9.84. The minimum Gasteiger partial charge on any atom is -0.0723 e. The Hall–Kier alpha value is 0.0400. The molecule has 0 saturated heterocycles. The van der Waals surface area contributed by atoms with Gasteiger partial charge in [0.25, 0.3) is 0 Å². The van der Waals surface area contributed by atoms with Crippen LogP contribution < -0.4 is 0 Å². The van der Waals surface area contributed by atoms with Gasteiger partial charge in [0.15, 0.2) is 0 Å². The molecule has 2 rings (SSSR count). The van der Waals surface area contributed by atoms with Crippen LogP contribution in [0.25, 0.3) is 0 Å². The van der Waals surface area contributed by atoms with E-state index in [0.29, 0.717) is 0 Å². The Morgan fingerprint density at radius 1 is 1.07 bits per heavy atom. The molecule has 0 heterocycles. The fourth-order valence-electron chi connectivity index (χ4n) is 2.32. The molecule has 0 atom stereocenters. The molecule has 15 heavy (non-hydrogen) atoms. The normalized spacial score (nSPS) is 17.7. The molecule has 0 radical (unpaired) electrons. The molecule has 1 aromatic carbocycles. The predicted molar refractivity (Wildman–Crippen MR) is 78.0 cm³/mol. The average Bonchev–Trinajstić information content (AvgIpc) is 2.30. The van der Waals surface area contributed by atoms with Crippen molar-refractivity contribution in [3.8, 4) is 0 Å². The number of benzene rings is 1. The highest BCUT2D eigenvalue weighted by atomic mass is 127. The summed E-state index contributed by atoms with van der Waals surface area (Å²) in [4.78, 5) is 0. The number of thiocarbonyl (C=S) groups is 1. The molecule has 80 valence electrons. The first kappa shape index (κ1) is 11.5. The van der Waals surface area contributed by atoms with Crippen LogP contribution in [0.5, 0.6) is 0 Å². The lowest BCUT2D eigenvalue weighted by Gasteiger charge is -2.21. The summed E-state index contributed by atoms with van der Waals surface area (Å²) in [6.45, 7) is 0. The highest BCUT2D eigenvalue weighted by Crippen LogP contribution is 2.32. The van der Waals surface area contributed by atoms with E-state index in [1.165, 1.54) is 43.2 Å². The fourth-order valence-corrected chi connectivity index (χ4v) is 2.82. The molecular formula is C13H15IS. The Labute approximate surface area is 111 Å². The van der Waals surface area contributed by atoms with Crippen LogP contribution in [0.3, 0.4) is 0 Å². The molecule has 0 aromatic heterocycles. The maximum Gasteiger partial charge on any atom is 0.0832 e. The Morgan fingerprint density at radius 2 is 1.67 bits per heavy atom. The monoisotopic (exact) mass is 330 g/mol. The van der Waals surface area contributed by atoms with Crippen LogP contribution in [0.2, 0.25) is 0 Å². The quantitative estimate of drug-likeness (QED) is 0.425. The van der Waals surface area contributed by atoms with Crippen LogP contribution in [0, 0.1) is 0 Å². The summed E-state index contributed by atoms with van der Waals surface area (Å²) >= 11 is 7.35. The minimum absolute atomic E-state index is 0.801. The molecule has 1 aromatic rings. The van der Waals surface area contributed by atoms with E-state index in [4.69, 9.17) is 12.2 Å². The maximum absolute atomic E-state index is 5.15. The largest absolute Gasteiger partial charge is 0.0832 e. The highest BCUT2D eigenvalue weighted by molar-refractivity contribution is 14.1. The SMILES string of the molecule is S=C(I)c1ccc(C2CCCCC2)cc1. The van der Waals surface area contributed by atoms with Gasteiger partial charge >= 0.3 is 0 Å². The highest BCUT2D eigenvalue weighted by Gasteiger charge is 2.15. The topological polar surface area (TPSA) is 0 Å². The Kier molecular flexibility index (Phi) is 4.14. The number of halogens is 1. The van der Waals surface area contributed by atoms with E-state index in [2.05, 4.69) is 46.9 Å². The number of rotatable bonds is 2. The first-order valence-electron chi connectivity index (χ1n) is 5.57. The summed E-state index contributed by atoms with van der Waals surface area (Å²) in [6, 6.07) is 8.85. The second kappa shape index (κ2) is 5.39. The van der Waals surface area contributed by atoms with Gasteiger partial charge in [0.2, 0.25) is 0 Å². The molecule has 0 aliphatic heterocycles. The van der Waals surface area contributed by atoms with Gasteiger partial charge in [-0.1, -0.05) is 55.7 Å². The maximum atomic E-state index is 5.15. The van der Waals surface area contributed by atoms with Gasteiger partial charge in [0.05, 0.1) is 2.87 Å². The lowest BCUT2D eigenvalue weighted by molar-refractivity contribution is 0.443. The van der Waals surface area contributed by atoms with Crippen molar-refractivity contribution in [3.05, 3.63) is 35.4 Å². The molecule has 0 unspecified atom stereocenters. The third kappa shape index (κ3) is 3.00. The first-order chi connectivity index (χ1) is 7.27. The van der Waals surface area contributed by atoms with E-state index in [-0.39, 0.29) is 0 Å². The van der Waals surface area contributed by atoms with Crippen molar-refractivity contribution in [2.75, 3.05) is 0 Å². The van der Waals surface area contributed by atoms with E-state index >= 15 is 0 Å². The van der Waals surface area contributed by atoms with Crippen molar-refractivity contribution < 1.29 is 0 Å². The zero-order valence-corrected chi connectivity index (χ0v) is 11.7. The van der Waals surface area contributed by atoms with Gasteiger partial charge in [-0.05, 0) is 52.5 Å². The van der Waals surface area contributed by atoms with Gasteiger partial charge in [-0.25, -0.2) is 0 Å². The van der Waals surface area contributed by atoms with Gasteiger partial charge in [0, 0.05) is 0 Å². The molecule has 1 aliphatic rings. The van der Waals surface area contributed by atoms with Crippen molar-refractivity contribution in [1.82, 2.24) is 0 Å². The van der Waals surface area contributed by atoms with Gasteiger partial charge in [-0.15, -0.1) is 0 Å². The van der Waals surface area contributed by atoms with Gasteiger partial charge in [-0.2, -0.15) is 0 Å². The smallest absolute Gasteiger partial charge is 0.0723 e. The summed E-state index contributed by atoms with van der Waals surface area (Å²) < 4.78 is 0.961. The Morgan fingerprint density at radius 3 is 2.20 bits per heavy atom. The summed E-state index contributed by atoms with van der Waals surface area (Å²) in [5.41, 5.74) is 2.69. The molecule has 1 fully saturated rings. The van der Waals surface area contributed by atoms with Crippen molar-refractivity contribution in [1.29, 1.82) is 0 Å². The first-order valence-corrected chi connectivity index (χ1v) is 7.06. The molecule has 2 heteroatoms. The summed E-state index contributed by atoms with van der Waals surface area (Å²) in [5, 5.41) is 0. The van der Waals surface area contributed by atoms with Crippen LogP contribution in [0.4, 0.5) is 0 Å². The molecule has 0 amide bonds. The third-order valence-electron chi connectivity index (χ3n) is 3.21. The van der Waals surface area contributed by atoms with Crippen LogP contribution in [0.15, 0.2) is 24.3 Å². The van der Waals surface area contributed by atoms with Crippen molar-refractivity contribution in [2.45, 2.75) is 38.0 Å². The molecular weight excluding hydrogens is 315 g/mol. The molecule has 1 saturated carbocycles. The summed E-state index contributed by atoms with van der Waals surface area (Å²) in [7, 11) is 0. The zero-order chi connectivity index (χ0) is 10.7. The van der Waals surface area contributed by atoms with Crippen LogP contribution in [-0.2, 0) is 0 Å². The second-order valence-corrected chi connectivity index (χ2v) is 6.45. The third-order valence-corrected chi connectivity index (χ3v) is 4.07. The Bertz CT molecular complexity index is 336. The van der Waals surface area contributed by atoms with Gasteiger partial charge < -0.3 is 0 Å². The van der Waals surface area contributed by atoms with E-state index in [0.717, 1.165) is 8.79 Å². The second-order valence-electron chi connectivity index (χ2n) is 4.23. The molecule has 0 nitrogen and oxygen atoms in total. The molecule has 0 spiro atoms. The van der Waals surface area contributed by atoms with Crippen molar-refractivity contribution >= 4 is 37.7 Å². The van der Waals surface area contributed by atoms with Crippen molar-refractivity contribution in [3.63, 3.8) is 0 Å². The molecule has 0 bridgehead atoms. The zero-order valence-electron chi connectivity index (χ0n) is 8.71. The standard InChI is InChI=1S/C13H15IS/c14-13(15)12-8-6-11(7-9-12)10-4-2-1-3-5-10/h6-10H,1-5H2. The van der Waals surface area contributed by atoms with E-state index in [9.17, 15) is 0 Å². The summed E-state index contributed by atoms with van der Waals surface area (Å²) in [5.74, 6) is 0.801. The minimum atomic E-state index is 0.801. The number of hydrogen-bond donors (Lipinski definition) is 0. The van der Waals surface area contributed by atoms with E-state index < -0.39 is 0 Å². The fraction of sp³-hybridized carbons (Fsp3) is 0.462. The van der Waals surface area contributed by atoms with Crippen LogP contribution in [-0.4, -0.2) is 2.87 Å². The van der Waals surface area contributed by atoms with Crippen LogP contribution in [0.1, 0.15) is 49.1 Å². The lowest BCUT2D eigenvalue weighted by Crippen LogP contribution is -2.04.